The average molecular weight is 348 g/mol. The number of pyridine rings is 2. The zero-order chi connectivity index (χ0) is 17.1. The van der Waals surface area contributed by atoms with E-state index in [4.69, 9.17) is 16.3 Å². The standard InChI is InChI=1S/C20H14ClN3O/c21-19-9-6-15(13-23-19)24-20-18-8-7-17(12-14(18)10-11-22-20)25-16-4-2-1-3-5-16/h1-13H,(H,22,24). The first-order valence-electron chi connectivity index (χ1n) is 7.78. The molecule has 0 spiro atoms. The van der Waals surface area contributed by atoms with E-state index in [1.165, 1.54) is 0 Å². The van der Waals surface area contributed by atoms with Crippen molar-refractivity contribution in [3.8, 4) is 11.5 Å². The van der Waals surface area contributed by atoms with Gasteiger partial charge in [-0.15, -0.1) is 0 Å². The molecule has 1 N–H and O–H groups in total. The first-order valence-corrected chi connectivity index (χ1v) is 8.16. The Morgan fingerprint density at radius 2 is 1.72 bits per heavy atom. The van der Waals surface area contributed by atoms with Crippen LogP contribution in [0.1, 0.15) is 0 Å². The molecular weight excluding hydrogens is 334 g/mol. The van der Waals surface area contributed by atoms with Crippen LogP contribution in [0.5, 0.6) is 11.5 Å². The monoisotopic (exact) mass is 347 g/mol. The van der Waals surface area contributed by atoms with Gasteiger partial charge in [-0.1, -0.05) is 29.8 Å². The summed E-state index contributed by atoms with van der Waals surface area (Å²) < 4.78 is 5.89. The van der Waals surface area contributed by atoms with Gasteiger partial charge in [-0.25, -0.2) is 9.97 Å². The van der Waals surface area contributed by atoms with Crippen LogP contribution in [0.15, 0.2) is 79.1 Å². The highest BCUT2D eigenvalue weighted by molar-refractivity contribution is 6.29. The molecule has 25 heavy (non-hydrogen) atoms. The molecule has 0 aliphatic heterocycles. The summed E-state index contributed by atoms with van der Waals surface area (Å²) in [6.45, 7) is 0. The predicted molar refractivity (Wildman–Crippen MR) is 101 cm³/mol. The van der Waals surface area contributed by atoms with E-state index in [0.29, 0.717) is 5.15 Å². The smallest absolute Gasteiger partial charge is 0.138 e. The summed E-state index contributed by atoms with van der Waals surface area (Å²) in [6, 6.07) is 21.2. The van der Waals surface area contributed by atoms with Crippen molar-refractivity contribution in [2.75, 3.05) is 5.32 Å². The van der Waals surface area contributed by atoms with Gasteiger partial charge in [0.05, 0.1) is 11.9 Å². The van der Waals surface area contributed by atoms with Crippen LogP contribution in [0.3, 0.4) is 0 Å². The van der Waals surface area contributed by atoms with E-state index < -0.39 is 0 Å². The lowest BCUT2D eigenvalue weighted by Gasteiger charge is -2.10. The van der Waals surface area contributed by atoms with Gasteiger partial charge < -0.3 is 10.1 Å². The molecule has 0 amide bonds. The minimum atomic E-state index is 0.458. The zero-order valence-corrected chi connectivity index (χ0v) is 13.9. The molecule has 5 heteroatoms. The van der Waals surface area contributed by atoms with Gasteiger partial charge in [0.25, 0.3) is 0 Å². The first kappa shape index (κ1) is 15.4. The predicted octanol–water partition coefficient (Wildman–Crippen LogP) is 5.82. The molecule has 4 nitrogen and oxygen atoms in total. The molecule has 0 saturated carbocycles. The maximum Gasteiger partial charge on any atom is 0.138 e. The van der Waals surface area contributed by atoms with Crippen LogP contribution in [0.4, 0.5) is 11.5 Å². The third-order valence-corrected chi connectivity index (χ3v) is 3.93. The molecule has 122 valence electrons. The lowest BCUT2D eigenvalue weighted by atomic mass is 10.1. The second kappa shape index (κ2) is 6.79. The van der Waals surface area contributed by atoms with Crippen LogP contribution in [-0.4, -0.2) is 9.97 Å². The quantitative estimate of drug-likeness (QED) is 0.472. The molecule has 0 fully saturated rings. The minimum Gasteiger partial charge on any atom is -0.457 e. The molecule has 2 aromatic carbocycles. The number of nitrogens with one attached hydrogen (secondary N) is 1. The lowest BCUT2D eigenvalue weighted by Crippen LogP contribution is -1.95. The van der Waals surface area contributed by atoms with E-state index >= 15 is 0 Å². The van der Waals surface area contributed by atoms with E-state index in [1.54, 1.807) is 18.5 Å². The molecule has 0 bridgehead atoms. The largest absolute Gasteiger partial charge is 0.457 e. The number of benzene rings is 2. The van der Waals surface area contributed by atoms with Crippen molar-refractivity contribution in [3.63, 3.8) is 0 Å². The molecule has 0 aliphatic rings. The number of hydrogen-bond acceptors (Lipinski definition) is 4. The third kappa shape index (κ3) is 3.54. The summed E-state index contributed by atoms with van der Waals surface area (Å²) in [4.78, 5) is 8.50. The molecule has 4 rings (SSSR count). The van der Waals surface area contributed by atoms with Gasteiger partial charge in [-0.2, -0.15) is 0 Å². The SMILES string of the molecule is Clc1ccc(Nc2nccc3cc(Oc4ccccc4)ccc23)cn1. The van der Waals surface area contributed by atoms with Crippen LogP contribution >= 0.6 is 11.6 Å². The number of halogens is 1. The van der Waals surface area contributed by atoms with E-state index in [1.807, 2.05) is 60.7 Å². The zero-order valence-electron chi connectivity index (χ0n) is 13.2. The van der Waals surface area contributed by atoms with Crippen LogP contribution in [0, 0.1) is 0 Å². The van der Waals surface area contributed by atoms with Crippen LogP contribution in [-0.2, 0) is 0 Å². The fourth-order valence-corrected chi connectivity index (χ4v) is 2.64. The van der Waals surface area contributed by atoms with Gasteiger partial charge in [0.1, 0.15) is 22.5 Å². The number of hydrogen-bond donors (Lipinski definition) is 1. The van der Waals surface area contributed by atoms with Crippen molar-refractivity contribution in [1.82, 2.24) is 9.97 Å². The van der Waals surface area contributed by atoms with Gasteiger partial charge >= 0.3 is 0 Å². The van der Waals surface area contributed by atoms with Gasteiger partial charge in [-0.05, 0) is 53.9 Å². The van der Waals surface area contributed by atoms with E-state index in [9.17, 15) is 0 Å². The Morgan fingerprint density at radius 1 is 0.840 bits per heavy atom. The molecular formula is C20H14ClN3O. The van der Waals surface area contributed by atoms with Crippen molar-refractivity contribution in [1.29, 1.82) is 0 Å². The van der Waals surface area contributed by atoms with Gasteiger partial charge in [0.2, 0.25) is 0 Å². The van der Waals surface area contributed by atoms with Crippen LogP contribution in [0.25, 0.3) is 10.8 Å². The van der Waals surface area contributed by atoms with Crippen molar-refractivity contribution in [2.45, 2.75) is 0 Å². The van der Waals surface area contributed by atoms with Crippen molar-refractivity contribution in [2.24, 2.45) is 0 Å². The topological polar surface area (TPSA) is 47.0 Å². The van der Waals surface area contributed by atoms with Crippen molar-refractivity contribution < 1.29 is 4.74 Å². The molecule has 2 heterocycles. The second-order valence-electron chi connectivity index (χ2n) is 5.45. The Balaban J connectivity index is 1.64. The Morgan fingerprint density at radius 3 is 2.52 bits per heavy atom. The van der Waals surface area contributed by atoms with E-state index in [0.717, 1.165) is 33.8 Å². The molecule has 0 radical (unpaired) electrons. The Kier molecular flexibility index (Phi) is 4.19. The lowest BCUT2D eigenvalue weighted by molar-refractivity contribution is 0.483. The molecule has 0 saturated heterocycles. The number of ether oxygens (including phenoxy) is 1. The highest BCUT2D eigenvalue weighted by Gasteiger charge is 2.05. The summed E-state index contributed by atoms with van der Waals surface area (Å²) >= 11 is 5.83. The Hall–Kier alpha value is -3.11. The van der Waals surface area contributed by atoms with E-state index in [2.05, 4.69) is 15.3 Å². The van der Waals surface area contributed by atoms with Gasteiger partial charge in [0.15, 0.2) is 0 Å². The summed E-state index contributed by atoms with van der Waals surface area (Å²) in [5, 5.41) is 5.76. The summed E-state index contributed by atoms with van der Waals surface area (Å²) in [5.74, 6) is 2.35. The fraction of sp³-hybridized carbons (Fsp3) is 0. The third-order valence-electron chi connectivity index (χ3n) is 3.70. The van der Waals surface area contributed by atoms with Crippen LogP contribution < -0.4 is 10.1 Å². The number of para-hydroxylation sites is 1. The second-order valence-corrected chi connectivity index (χ2v) is 5.84. The maximum atomic E-state index is 5.89. The normalized spacial score (nSPS) is 10.6. The molecule has 0 aliphatic carbocycles. The molecule has 0 atom stereocenters. The highest BCUT2D eigenvalue weighted by atomic mass is 35.5. The first-order chi connectivity index (χ1) is 12.3. The van der Waals surface area contributed by atoms with Crippen LogP contribution in [0.2, 0.25) is 5.15 Å². The summed E-state index contributed by atoms with van der Waals surface area (Å²) in [7, 11) is 0. The Bertz CT molecular complexity index is 1000. The highest BCUT2D eigenvalue weighted by Crippen LogP contribution is 2.29. The average Bonchev–Trinajstić information content (AvgIpc) is 2.64. The number of rotatable bonds is 4. The van der Waals surface area contributed by atoms with Crippen molar-refractivity contribution >= 4 is 33.9 Å². The van der Waals surface area contributed by atoms with E-state index in [-0.39, 0.29) is 0 Å². The number of aromatic nitrogens is 2. The minimum absolute atomic E-state index is 0.458. The summed E-state index contributed by atoms with van der Waals surface area (Å²) in [6.07, 6.45) is 3.44. The molecule has 4 aromatic rings. The fourth-order valence-electron chi connectivity index (χ4n) is 2.53. The van der Waals surface area contributed by atoms with Gasteiger partial charge in [-0.3, -0.25) is 0 Å². The summed E-state index contributed by atoms with van der Waals surface area (Å²) in [5.41, 5.74) is 0.828. The number of nitrogens with zero attached hydrogens (tertiary/aromatic N) is 2. The van der Waals surface area contributed by atoms with Gasteiger partial charge in [0, 0.05) is 11.6 Å². The maximum absolute atomic E-state index is 5.89. The number of anilines is 2. The Labute approximate surface area is 150 Å². The number of fused-ring (bicyclic) bond motifs is 1. The van der Waals surface area contributed by atoms with Crippen molar-refractivity contribution in [3.05, 3.63) is 84.3 Å². The molecule has 2 aromatic heterocycles. The molecule has 0 unspecified atom stereocenters.